The number of hydrogen-bond acceptors (Lipinski definition) is 5. The van der Waals surface area contributed by atoms with Crippen LogP contribution in [0, 0.1) is 17.0 Å². The van der Waals surface area contributed by atoms with Gasteiger partial charge in [-0.15, -0.1) is 0 Å². The second-order valence-electron chi connectivity index (χ2n) is 4.60. The fraction of sp³-hybridized carbons (Fsp3) is 0.308. The van der Waals surface area contributed by atoms with Crippen molar-refractivity contribution in [2.75, 3.05) is 11.9 Å². The van der Waals surface area contributed by atoms with Crippen LogP contribution in [0.3, 0.4) is 0 Å². The molecule has 0 aliphatic heterocycles. The highest BCUT2D eigenvalue weighted by atomic mass is 16.6. The van der Waals surface area contributed by atoms with E-state index in [1.165, 1.54) is 6.07 Å². The van der Waals surface area contributed by atoms with E-state index in [0.29, 0.717) is 12.1 Å². The zero-order chi connectivity index (χ0) is 14.7. The average Bonchev–Trinajstić information content (AvgIpc) is 2.82. The van der Waals surface area contributed by atoms with Gasteiger partial charge in [-0.05, 0) is 19.1 Å². The number of nitrogens with zero attached hydrogens (tertiary/aromatic N) is 3. The lowest BCUT2D eigenvalue weighted by molar-refractivity contribution is -0.385. The quantitative estimate of drug-likeness (QED) is 0.641. The fourth-order valence-electron chi connectivity index (χ4n) is 1.91. The van der Waals surface area contributed by atoms with Crippen molar-refractivity contribution in [1.29, 1.82) is 0 Å². The summed E-state index contributed by atoms with van der Waals surface area (Å²) in [6.07, 6.45) is 2.67. The van der Waals surface area contributed by atoms with Gasteiger partial charge in [0, 0.05) is 42.7 Å². The third kappa shape index (κ3) is 3.12. The van der Waals surface area contributed by atoms with Crippen LogP contribution >= 0.6 is 0 Å². The number of aromatic nitrogens is 2. The van der Waals surface area contributed by atoms with E-state index >= 15 is 0 Å². The van der Waals surface area contributed by atoms with Gasteiger partial charge in [-0.25, -0.2) is 0 Å². The van der Waals surface area contributed by atoms with E-state index in [0.717, 1.165) is 11.3 Å². The van der Waals surface area contributed by atoms with Gasteiger partial charge in [0.15, 0.2) is 0 Å². The average molecular weight is 276 g/mol. The summed E-state index contributed by atoms with van der Waals surface area (Å²) in [5.74, 6) is 0. The molecule has 2 rings (SSSR count). The molecule has 0 aliphatic rings. The Bertz CT molecular complexity index is 624. The van der Waals surface area contributed by atoms with Crippen molar-refractivity contribution < 1.29 is 10.0 Å². The third-order valence-electron chi connectivity index (χ3n) is 3.00. The largest absolute Gasteiger partial charge is 0.386 e. The Balaban J connectivity index is 2.00. The van der Waals surface area contributed by atoms with Gasteiger partial charge in [0.1, 0.15) is 0 Å². The van der Waals surface area contributed by atoms with E-state index in [-0.39, 0.29) is 5.69 Å². The maximum Gasteiger partial charge on any atom is 0.272 e. The number of benzene rings is 1. The summed E-state index contributed by atoms with van der Waals surface area (Å²) >= 11 is 0. The molecule has 0 amide bonds. The molecule has 7 nitrogen and oxygen atoms in total. The van der Waals surface area contributed by atoms with Crippen LogP contribution in [0.25, 0.3) is 0 Å². The number of nitro benzene ring substituents is 1. The highest BCUT2D eigenvalue weighted by Gasteiger charge is 2.12. The summed E-state index contributed by atoms with van der Waals surface area (Å²) in [4.78, 5) is 10.3. The molecule has 0 saturated carbocycles. The highest BCUT2D eigenvalue weighted by molar-refractivity contribution is 5.53. The predicted octanol–water partition coefficient (Wildman–Crippen LogP) is 1.78. The van der Waals surface area contributed by atoms with Crippen molar-refractivity contribution >= 4 is 11.4 Å². The highest BCUT2D eigenvalue weighted by Crippen LogP contribution is 2.22. The molecule has 0 bridgehead atoms. The standard InChI is InChI=1S/C13H16N4O3/c1-9-5-11(3-4-12(9)17(19)20)14-7-13(18)10-6-15-16(2)8-10/h3-6,8,13-14,18H,7H2,1-2H3. The molecular weight excluding hydrogens is 260 g/mol. The summed E-state index contributed by atoms with van der Waals surface area (Å²) in [5, 5.41) is 27.7. The van der Waals surface area contributed by atoms with Crippen molar-refractivity contribution in [1.82, 2.24) is 9.78 Å². The van der Waals surface area contributed by atoms with Crippen molar-refractivity contribution in [2.24, 2.45) is 7.05 Å². The first-order chi connectivity index (χ1) is 9.47. The summed E-state index contributed by atoms with van der Waals surface area (Å²) in [6, 6.07) is 4.77. The van der Waals surface area contributed by atoms with Gasteiger partial charge < -0.3 is 10.4 Å². The van der Waals surface area contributed by atoms with Crippen LogP contribution in [0.5, 0.6) is 0 Å². The van der Waals surface area contributed by atoms with Crippen LogP contribution in [0.2, 0.25) is 0 Å². The smallest absolute Gasteiger partial charge is 0.272 e. The lowest BCUT2D eigenvalue weighted by Gasteiger charge is -2.11. The zero-order valence-corrected chi connectivity index (χ0v) is 11.3. The Morgan fingerprint density at radius 3 is 2.85 bits per heavy atom. The van der Waals surface area contributed by atoms with Crippen LogP contribution in [-0.4, -0.2) is 26.4 Å². The molecule has 0 fully saturated rings. The summed E-state index contributed by atoms with van der Waals surface area (Å²) in [7, 11) is 1.78. The molecule has 7 heteroatoms. The van der Waals surface area contributed by atoms with Crippen LogP contribution in [0.1, 0.15) is 17.2 Å². The van der Waals surface area contributed by atoms with Crippen LogP contribution in [0.4, 0.5) is 11.4 Å². The van der Waals surface area contributed by atoms with E-state index in [1.54, 1.807) is 43.2 Å². The summed E-state index contributed by atoms with van der Waals surface area (Å²) in [6.45, 7) is 1.99. The maximum absolute atomic E-state index is 10.7. The molecule has 2 N–H and O–H groups in total. The van der Waals surface area contributed by atoms with E-state index in [9.17, 15) is 15.2 Å². The number of aliphatic hydroxyl groups is 1. The molecule has 1 heterocycles. The minimum absolute atomic E-state index is 0.0864. The topological polar surface area (TPSA) is 93.2 Å². The zero-order valence-electron chi connectivity index (χ0n) is 11.3. The molecule has 0 radical (unpaired) electrons. The number of nitro groups is 1. The van der Waals surface area contributed by atoms with E-state index in [4.69, 9.17) is 0 Å². The summed E-state index contributed by atoms with van der Waals surface area (Å²) < 4.78 is 1.62. The Kier molecular flexibility index (Phi) is 3.99. The first kappa shape index (κ1) is 14.0. The van der Waals surface area contributed by atoms with Gasteiger partial charge in [-0.1, -0.05) is 0 Å². The molecular formula is C13H16N4O3. The van der Waals surface area contributed by atoms with E-state index in [1.807, 2.05) is 0 Å². The first-order valence-corrected chi connectivity index (χ1v) is 6.13. The van der Waals surface area contributed by atoms with Gasteiger partial charge in [-0.2, -0.15) is 5.10 Å². The Labute approximate surface area is 116 Å². The number of nitrogens with one attached hydrogen (secondary N) is 1. The molecule has 20 heavy (non-hydrogen) atoms. The van der Waals surface area contributed by atoms with Crippen molar-refractivity contribution in [3.05, 3.63) is 51.8 Å². The lowest BCUT2D eigenvalue weighted by atomic mass is 10.1. The van der Waals surface area contributed by atoms with Gasteiger partial charge in [0.05, 0.1) is 17.2 Å². The van der Waals surface area contributed by atoms with Crippen LogP contribution in [-0.2, 0) is 7.05 Å². The molecule has 1 unspecified atom stereocenters. The van der Waals surface area contributed by atoms with Gasteiger partial charge in [0.2, 0.25) is 0 Å². The predicted molar refractivity (Wildman–Crippen MR) is 74.5 cm³/mol. The Hall–Kier alpha value is -2.41. The van der Waals surface area contributed by atoms with Crippen LogP contribution in [0.15, 0.2) is 30.6 Å². The lowest BCUT2D eigenvalue weighted by Crippen LogP contribution is -2.11. The Morgan fingerprint density at radius 1 is 1.55 bits per heavy atom. The molecule has 1 aromatic heterocycles. The van der Waals surface area contributed by atoms with Crippen LogP contribution < -0.4 is 5.32 Å². The molecule has 106 valence electrons. The van der Waals surface area contributed by atoms with Gasteiger partial charge >= 0.3 is 0 Å². The molecule has 1 atom stereocenters. The molecule has 0 aliphatic carbocycles. The third-order valence-corrected chi connectivity index (χ3v) is 3.00. The van der Waals surface area contributed by atoms with E-state index < -0.39 is 11.0 Å². The van der Waals surface area contributed by atoms with E-state index in [2.05, 4.69) is 10.4 Å². The normalized spacial score (nSPS) is 12.2. The molecule has 0 saturated heterocycles. The number of rotatable bonds is 5. The Morgan fingerprint density at radius 2 is 2.30 bits per heavy atom. The molecule has 1 aromatic carbocycles. The van der Waals surface area contributed by atoms with Gasteiger partial charge in [0.25, 0.3) is 5.69 Å². The number of anilines is 1. The minimum atomic E-state index is -0.681. The molecule has 0 spiro atoms. The minimum Gasteiger partial charge on any atom is -0.386 e. The second-order valence-corrected chi connectivity index (χ2v) is 4.60. The van der Waals surface area contributed by atoms with Crippen molar-refractivity contribution in [2.45, 2.75) is 13.0 Å². The second kappa shape index (κ2) is 5.70. The van der Waals surface area contributed by atoms with Crippen molar-refractivity contribution in [3.8, 4) is 0 Å². The SMILES string of the molecule is Cc1cc(NCC(O)c2cnn(C)c2)ccc1[N+](=O)[O-]. The van der Waals surface area contributed by atoms with Crippen molar-refractivity contribution in [3.63, 3.8) is 0 Å². The summed E-state index contributed by atoms with van der Waals surface area (Å²) in [5.41, 5.74) is 2.12. The molecule has 2 aromatic rings. The number of aliphatic hydroxyl groups excluding tert-OH is 1. The van der Waals surface area contributed by atoms with Gasteiger partial charge in [-0.3, -0.25) is 14.8 Å². The maximum atomic E-state index is 10.7. The number of aryl methyl sites for hydroxylation is 2. The monoisotopic (exact) mass is 276 g/mol. The first-order valence-electron chi connectivity index (χ1n) is 6.13. The fourth-order valence-corrected chi connectivity index (χ4v) is 1.91. The number of hydrogen-bond donors (Lipinski definition) is 2.